The summed E-state index contributed by atoms with van der Waals surface area (Å²) < 4.78 is 13.3. The molecule has 0 aromatic heterocycles. The Bertz CT molecular complexity index is 322. The van der Waals surface area contributed by atoms with E-state index in [1.54, 1.807) is 6.07 Å². The Labute approximate surface area is 93.0 Å². The Kier molecular flexibility index (Phi) is 3.87. The highest BCUT2D eigenvalue weighted by Gasteiger charge is 2.20. The van der Waals surface area contributed by atoms with Gasteiger partial charge in [-0.1, -0.05) is 47.1 Å². The minimum atomic E-state index is -0.137. The van der Waals surface area contributed by atoms with Crippen molar-refractivity contribution in [3.8, 4) is 0 Å². The summed E-state index contributed by atoms with van der Waals surface area (Å²) >= 11 is 3.42. The molecule has 0 saturated carbocycles. The monoisotopic (exact) mass is 256 g/mol. The molecule has 0 N–H and O–H groups in total. The summed E-state index contributed by atoms with van der Waals surface area (Å²) in [6, 6.07) is 6.88. The zero-order valence-electron chi connectivity index (χ0n) is 8.26. The van der Waals surface area contributed by atoms with Crippen molar-refractivity contribution in [3.63, 3.8) is 0 Å². The van der Waals surface area contributed by atoms with Crippen LogP contribution in [-0.4, -0.2) is 5.33 Å². The standard InChI is InChI=1S/C12H14BrF/c1-3-12(2,9-13)8-10-6-4-5-7-11(10)14/h3-7H,1,8-9H2,2H3. The Morgan fingerprint density at radius 3 is 2.64 bits per heavy atom. The van der Waals surface area contributed by atoms with E-state index in [0.29, 0.717) is 6.42 Å². The molecular formula is C12H14BrF. The average molecular weight is 257 g/mol. The van der Waals surface area contributed by atoms with Crippen LogP contribution >= 0.6 is 15.9 Å². The number of hydrogen-bond acceptors (Lipinski definition) is 0. The maximum Gasteiger partial charge on any atom is 0.126 e. The molecule has 0 spiro atoms. The molecule has 0 bridgehead atoms. The summed E-state index contributed by atoms with van der Waals surface area (Å²) in [4.78, 5) is 0. The van der Waals surface area contributed by atoms with Crippen LogP contribution in [0, 0.1) is 11.2 Å². The fourth-order valence-electron chi connectivity index (χ4n) is 1.25. The first-order chi connectivity index (χ1) is 6.61. The molecule has 76 valence electrons. The minimum Gasteiger partial charge on any atom is -0.207 e. The van der Waals surface area contributed by atoms with Crippen LogP contribution in [0.3, 0.4) is 0 Å². The van der Waals surface area contributed by atoms with E-state index >= 15 is 0 Å². The van der Waals surface area contributed by atoms with Crippen LogP contribution in [-0.2, 0) is 6.42 Å². The number of rotatable bonds is 4. The lowest BCUT2D eigenvalue weighted by Gasteiger charge is -2.23. The topological polar surface area (TPSA) is 0 Å². The fourth-order valence-corrected chi connectivity index (χ4v) is 1.68. The number of halogens is 2. The molecule has 1 aromatic rings. The van der Waals surface area contributed by atoms with E-state index in [1.165, 1.54) is 6.07 Å². The van der Waals surface area contributed by atoms with E-state index in [-0.39, 0.29) is 11.2 Å². The van der Waals surface area contributed by atoms with Crippen LogP contribution in [0.15, 0.2) is 36.9 Å². The van der Waals surface area contributed by atoms with E-state index in [4.69, 9.17) is 0 Å². The van der Waals surface area contributed by atoms with Crippen molar-refractivity contribution < 1.29 is 4.39 Å². The van der Waals surface area contributed by atoms with Crippen molar-refractivity contribution in [2.45, 2.75) is 13.3 Å². The van der Waals surface area contributed by atoms with Crippen molar-refractivity contribution in [2.75, 3.05) is 5.33 Å². The lowest BCUT2D eigenvalue weighted by Crippen LogP contribution is -2.18. The Morgan fingerprint density at radius 2 is 2.14 bits per heavy atom. The van der Waals surface area contributed by atoms with E-state index < -0.39 is 0 Å². The smallest absolute Gasteiger partial charge is 0.126 e. The molecule has 0 amide bonds. The highest BCUT2D eigenvalue weighted by molar-refractivity contribution is 9.09. The first-order valence-corrected chi connectivity index (χ1v) is 5.66. The van der Waals surface area contributed by atoms with Gasteiger partial charge in [-0.05, 0) is 23.5 Å². The Hall–Kier alpha value is -0.630. The van der Waals surface area contributed by atoms with E-state index in [1.807, 2.05) is 18.2 Å². The van der Waals surface area contributed by atoms with Crippen molar-refractivity contribution in [1.82, 2.24) is 0 Å². The average Bonchev–Trinajstić information content (AvgIpc) is 2.21. The minimum absolute atomic E-state index is 0.0812. The van der Waals surface area contributed by atoms with Gasteiger partial charge < -0.3 is 0 Å². The zero-order chi connectivity index (χ0) is 10.6. The molecule has 0 aliphatic heterocycles. The SMILES string of the molecule is C=CC(C)(CBr)Cc1ccccc1F. The molecular weight excluding hydrogens is 243 g/mol. The summed E-state index contributed by atoms with van der Waals surface area (Å²) in [5.74, 6) is -0.137. The van der Waals surface area contributed by atoms with Gasteiger partial charge >= 0.3 is 0 Å². The molecule has 14 heavy (non-hydrogen) atoms. The molecule has 1 rings (SSSR count). The number of hydrogen-bond donors (Lipinski definition) is 0. The lowest BCUT2D eigenvalue weighted by molar-refractivity contribution is 0.476. The third-order valence-corrected chi connectivity index (χ3v) is 3.63. The third-order valence-electron chi connectivity index (χ3n) is 2.35. The van der Waals surface area contributed by atoms with Gasteiger partial charge in [-0.3, -0.25) is 0 Å². The molecule has 0 heterocycles. The molecule has 0 aliphatic carbocycles. The van der Waals surface area contributed by atoms with E-state index in [0.717, 1.165) is 10.9 Å². The molecule has 0 saturated heterocycles. The van der Waals surface area contributed by atoms with Gasteiger partial charge in [0.05, 0.1) is 0 Å². The summed E-state index contributed by atoms with van der Waals surface area (Å²) in [7, 11) is 0. The first-order valence-electron chi connectivity index (χ1n) is 4.54. The van der Waals surface area contributed by atoms with E-state index in [9.17, 15) is 4.39 Å². The molecule has 0 fully saturated rings. The quantitative estimate of drug-likeness (QED) is 0.565. The highest BCUT2D eigenvalue weighted by Crippen LogP contribution is 2.27. The van der Waals surface area contributed by atoms with Gasteiger partial charge in [0.25, 0.3) is 0 Å². The second-order valence-electron chi connectivity index (χ2n) is 3.76. The molecule has 0 aliphatic rings. The largest absolute Gasteiger partial charge is 0.207 e. The van der Waals surface area contributed by atoms with Gasteiger partial charge in [0.2, 0.25) is 0 Å². The summed E-state index contributed by atoms with van der Waals surface area (Å²) in [6.07, 6.45) is 2.54. The van der Waals surface area contributed by atoms with Gasteiger partial charge in [0, 0.05) is 5.33 Å². The summed E-state index contributed by atoms with van der Waals surface area (Å²) in [6.45, 7) is 5.83. The Balaban J connectivity index is 2.87. The molecule has 0 nitrogen and oxygen atoms in total. The van der Waals surface area contributed by atoms with Crippen molar-refractivity contribution in [2.24, 2.45) is 5.41 Å². The van der Waals surface area contributed by atoms with Crippen LogP contribution in [0.2, 0.25) is 0 Å². The van der Waals surface area contributed by atoms with Crippen LogP contribution < -0.4 is 0 Å². The molecule has 1 aromatic carbocycles. The normalized spacial score (nSPS) is 14.8. The van der Waals surface area contributed by atoms with Crippen molar-refractivity contribution in [1.29, 1.82) is 0 Å². The van der Waals surface area contributed by atoms with Crippen molar-refractivity contribution >= 4 is 15.9 Å². The first kappa shape index (κ1) is 11.4. The fraction of sp³-hybridized carbons (Fsp3) is 0.333. The Morgan fingerprint density at radius 1 is 1.50 bits per heavy atom. The van der Waals surface area contributed by atoms with Crippen LogP contribution in [0.25, 0.3) is 0 Å². The molecule has 2 heteroatoms. The van der Waals surface area contributed by atoms with Crippen LogP contribution in [0.1, 0.15) is 12.5 Å². The maximum absolute atomic E-state index is 13.3. The summed E-state index contributed by atoms with van der Waals surface area (Å²) in [5.41, 5.74) is 0.664. The van der Waals surface area contributed by atoms with Gasteiger partial charge in [0.15, 0.2) is 0 Å². The second-order valence-corrected chi connectivity index (χ2v) is 4.32. The van der Waals surface area contributed by atoms with Gasteiger partial charge in [-0.25, -0.2) is 4.39 Å². The number of benzene rings is 1. The molecule has 0 radical (unpaired) electrons. The lowest BCUT2D eigenvalue weighted by atomic mass is 9.86. The van der Waals surface area contributed by atoms with Gasteiger partial charge in [-0.15, -0.1) is 6.58 Å². The number of allylic oxidation sites excluding steroid dienone is 1. The van der Waals surface area contributed by atoms with Crippen LogP contribution in [0.4, 0.5) is 4.39 Å². The van der Waals surface area contributed by atoms with Gasteiger partial charge in [-0.2, -0.15) is 0 Å². The predicted octanol–water partition coefficient (Wildman–Crippen LogP) is 3.96. The van der Waals surface area contributed by atoms with Crippen molar-refractivity contribution in [3.05, 3.63) is 48.3 Å². The van der Waals surface area contributed by atoms with E-state index in [2.05, 4.69) is 29.4 Å². The summed E-state index contributed by atoms with van der Waals surface area (Å²) in [5, 5.41) is 0.790. The van der Waals surface area contributed by atoms with Crippen LogP contribution in [0.5, 0.6) is 0 Å². The molecule has 1 unspecified atom stereocenters. The highest BCUT2D eigenvalue weighted by atomic mass is 79.9. The van der Waals surface area contributed by atoms with Gasteiger partial charge in [0.1, 0.15) is 5.82 Å². The second kappa shape index (κ2) is 4.74. The predicted molar refractivity (Wildman–Crippen MR) is 62.2 cm³/mol. The maximum atomic E-state index is 13.3. The molecule has 1 atom stereocenters. The third kappa shape index (κ3) is 2.68. The number of alkyl halides is 1. The zero-order valence-corrected chi connectivity index (χ0v) is 9.85.